The molecule has 2 rings (SSSR count). The summed E-state index contributed by atoms with van der Waals surface area (Å²) in [4.78, 5) is 12.3. The Labute approximate surface area is 116 Å². The van der Waals surface area contributed by atoms with Crippen molar-refractivity contribution in [1.82, 2.24) is 0 Å². The maximum absolute atomic E-state index is 12.0. The van der Waals surface area contributed by atoms with E-state index in [1.165, 1.54) is 11.3 Å². The lowest BCUT2D eigenvalue weighted by atomic mass is 10.2. The maximum Gasteiger partial charge on any atom is 0.187 e. The van der Waals surface area contributed by atoms with Gasteiger partial charge in [-0.25, -0.2) is 8.42 Å². The largest absolute Gasteiger partial charge is 0.292 e. The van der Waals surface area contributed by atoms with E-state index in [0.29, 0.717) is 4.88 Å². The number of carbonyl (C=O) groups is 1. The van der Waals surface area contributed by atoms with E-state index in [2.05, 4.69) is 0 Å². The molecule has 100 valence electrons. The minimum atomic E-state index is -3.42. The van der Waals surface area contributed by atoms with Gasteiger partial charge in [-0.2, -0.15) is 0 Å². The number of hydrogen-bond donors (Lipinski definition) is 0. The van der Waals surface area contributed by atoms with Crippen LogP contribution in [-0.2, 0) is 15.6 Å². The summed E-state index contributed by atoms with van der Waals surface area (Å²) in [5.74, 6) is -0.851. The second kappa shape index (κ2) is 5.67. The zero-order valence-corrected chi connectivity index (χ0v) is 12.1. The molecule has 0 unspecified atom stereocenters. The summed E-state index contributed by atoms with van der Waals surface area (Å²) in [6.07, 6.45) is 0. The molecule has 0 radical (unpaired) electrons. The average molecular weight is 294 g/mol. The third-order valence-electron chi connectivity index (χ3n) is 2.62. The van der Waals surface area contributed by atoms with Crippen molar-refractivity contribution in [3.8, 4) is 0 Å². The van der Waals surface area contributed by atoms with Gasteiger partial charge >= 0.3 is 0 Å². The predicted molar refractivity (Wildman–Crippen MR) is 77.3 cm³/mol. The molecule has 0 fully saturated rings. The monoisotopic (exact) mass is 294 g/mol. The zero-order valence-electron chi connectivity index (χ0n) is 10.5. The summed E-state index contributed by atoms with van der Waals surface area (Å²) in [5, 5.41) is 1.76. The van der Waals surface area contributed by atoms with Gasteiger partial charge in [0.1, 0.15) is 5.75 Å². The van der Waals surface area contributed by atoms with Crippen molar-refractivity contribution < 1.29 is 13.2 Å². The SMILES string of the molecule is Cc1cccc(CS(=O)(=O)CC(=O)c2cccs2)c1. The Kier molecular flexibility index (Phi) is 4.17. The molecule has 0 atom stereocenters. The molecule has 0 spiro atoms. The van der Waals surface area contributed by atoms with E-state index in [1.807, 2.05) is 25.1 Å². The normalized spacial score (nSPS) is 11.4. The van der Waals surface area contributed by atoms with Crippen LogP contribution < -0.4 is 0 Å². The van der Waals surface area contributed by atoms with Crippen LogP contribution in [0.3, 0.4) is 0 Å². The summed E-state index contributed by atoms with van der Waals surface area (Å²) in [7, 11) is -3.42. The minimum Gasteiger partial charge on any atom is -0.292 e. The van der Waals surface area contributed by atoms with Crippen LogP contribution >= 0.6 is 11.3 Å². The standard InChI is InChI=1S/C14H14O3S2/c1-11-4-2-5-12(8-11)9-19(16,17)10-13(15)14-6-3-7-18-14/h2-8H,9-10H2,1H3. The van der Waals surface area contributed by atoms with Gasteiger partial charge in [-0.1, -0.05) is 35.9 Å². The Bertz CT molecular complexity index is 670. The highest BCUT2D eigenvalue weighted by molar-refractivity contribution is 7.91. The summed E-state index contributed by atoms with van der Waals surface area (Å²) in [6, 6.07) is 10.7. The van der Waals surface area contributed by atoms with Crippen molar-refractivity contribution >= 4 is 27.0 Å². The quantitative estimate of drug-likeness (QED) is 0.797. The van der Waals surface area contributed by atoms with E-state index >= 15 is 0 Å². The van der Waals surface area contributed by atoms with E-state index in [0.717, 1.165) is 11.1 Å². The fourth-order valence-electron chi connectivity index (χ4n) is 1.81. The Hall–Kier alpha value is -1.46. The number of Topliss-reactive ketones (excluding diaryl/α,β-unsaturated/α-hetero) is 1. The molecule has 3 nitrogen and oxygen atoms in total. The molecule has 1 heterocycles. The Morgan fingerprint density at radius 3 is 2.63 bits per heavy atom. The number of hydrogen-bond acceptors (Lipinski definition) is 4. The molecule has 2 aromatic rings. The molecule has 5 heteroatoms. The summed E-state index contributed by atoms with van der Waals surface area (Å²) in [6.45, 7) is 1.91. The fourth-order valence-corrected chi connectivity index (χ4v) is 3.92. The van der Waals surface area contributed by atoms with Crippen molar-refractivity contribution in [2.75, 3.05) is 5.75 Å². The minimum absolute atomic E-state index is 0.0915. The highest BCUT2D eigenvalue weighted by Gasteiger charge is 2.19. The van der Waals surface area contributed by atoms with Crippen LogP contribution in [0.15, 0.2) is 41.8 Å². The van der Waals surface area contributed by atoms with Gasteiger partial charge in [0.25, 0.3) is 0 Å². The van der Waals surface area contributed by atoms with Crippen LogP contribution in [0.5, 0.6) is 0 Å². The van der Waals surface area contributed by atoms with E-state index < -0.39 is 15.6 Å². The van der Waals surface area contributed by atoms with Crippen LogP contribution in [0.25, 0.3) is 0 Å². The van der Waals surface area contributed by atoms with Gasteiger partial charge in [0.05, 0.1) is 10.6 Å². The number of ketones is 1. The van der Waals surface area contributed by atoms with E-state index in [4.69, 9.17) is 0 Å². The average Bonchev–Trinajstić information content (AvgIpc) is 2.80. The highest BCUT2D eigenvalue weighted by Crippen LogP contribution is 2.13. The molecule has 0 aliphatic heterocycles. The predicted octanol–water partition coefficient (Wildman–Crippen LogP) is 2.85. The number of benzene rings is 1. The molecule has 0 amide bonds. The van der Waals surface area contributed by atoms with E-state index in [1.54, 1.807) is 23.6 Å². The number of rotatable bonds is 5. The van der Waals surface area contributed by atoms with Crippen LogP contribution in [0.2, 0.25) is 0 Å². The number of thiophene rings is 1. The molecule has 1 aromatic carbocycles. The Morgan fingerprint density at radius 1 is 1.21 bits per heavy atom. The third-order valence-corrected chi connectivity index (χ3v) is 5.00. The van der Waals surface area contributed by atoms with Crippen molar-refractivity contribution in [2.45, 2.75) is 12.7 Å². The lowest BCUT2D eigenvalue weighted by Gasteiger charge is -2.04. The highest BCUT2D eigenvalue weighted by atomic mass is 32.2. The van der Waals surface area contributed by atoms with Crippen molar-refractivity contribution in [3.63, 3.8) is 0 Å². The molecular formula is C14H14O3S2. The molecule has 0 aliphatic carbocycles. The van der Waals surface area contributed by atoms with Gasteiger partial charge in [0.15, 0.2) is 15.6 Å². The number of sulfone groups is 1. The smallest absolute Gasteiger partial charge is 0.187 e. The lowest BCUT2D eigenvalue weighted by Crippen LogP contribution is -2.17. The Balaban J connectivity index is 2.09. The second-order valence-electron chi connectivity index (χ2n) is 4.42. The van der Waals surface area contributed by atoms with Gasteiger partial charge in [-0.3, -0.25) is 4.79 Å². The van der Waals surface area contributed by atoms with Gasteiger partial charge < -0.3 is 0 Å². The van der Waals surface area contributed by atoms with Gasteiger partial charge in [-0.05, 0) is 23.9 Å². The molecule has 19 heavy (non-hydrogen) atoms. The summed E-state index contributed by atoms with van der Waals surface area (Å²) < 4.78 is 24.0. The first-order chi connectivity index (χ1) is 8.96. The summed E-state index contributed by atoms with van der Waals surface area (Å²) >= 11 is 1.27. The summed E-state index contributed by atoms with van der Waals surface area (Å²) in [5.41, 5.74) is 1.73. The number of aryl methyl sites for hydroxylation is 1. The van der Waals surface area contributed by atoms with Crippen LogP contribution in [-0.4, -0.2) is 20.0 Å². The first-order valence-corrected chi connectivity index (χ1v) is 8.49. The zero-order chi connectivity index (χ0) is 13.9. The molecular weight excluding hydrogens is 280 g/mol. The topological polar surface area (TPSA) is 51.2 Å². The van der Waals surface area contributed by atoms with E-state index in [-0.39, 0.29) is 11.5 Å². The molecule has 0 saturated heterocycles. The third kappa shape index (κ3) is 4.01. The van der Waals surface area contributed by atoms with Crippen LogP contribution in [0, 0.1) is 6.92 Å². The molecule has 0 aliphatic rings. The molecule has 0 saturated carbocycles. The second-order valence-corrected chi connectivity index (χ2v) is 7.43. The first-order valence-electron chi connectivity index (χ1n) is 5.79. The number of carbonyl (C=O) groups excluding carboxylic acids is 1. The van der Waals surface area contributed by atoms with E-state index in [9.17, 15) is 13.2 Å². The fraction of sp³-hybridized carbons (Fsp3) is 0.214. The van der Waals surface area contributed by atoms with Gasteiger partial charge in [-0.15, -0.1) is 11.3 Å². The van der Waals surface area contributed by atoms with Gasteiger partial charge in [0, 0.05) is 0 Å². The molecule has 0 bridgehead atoms. The van der Waals surface area contributed by atoms with Crippen molar-refractivity contribution in [3.05, 3.63) is 57.8 Å². The first kappa shape index (κ1) is 14.0. The van der Waals surface area contributed by atoms with Crippen LogP contribution in [0.1, 0.15) is 20.8 Å². The molecule has 1 aromatic heterocycles. The Morgan fingerprint density at radius 2 is 2.00 bits per heavy atom. The van der Waals surface area contributed by atoms with Gasteiger partial charge in [0.2, 0.25) is 0 Å². The van der Waals surface area contributed by atoms with Crippen molar-refractivity contribution in [2.24, 2.45) is 0 Å². The van der Waals surface area contributed by atoms with Crippen LogP contribution in [0.4, 0.5) is 0 Å². The maximum atomic E-state index is 12.0. The lowest BCUT2D eigenvalue weighted by molar-refractivity contribution is 0.102. The molecule has 0 N–H and O–H groups in total. The van der Waals surface area contributed by atoms with Crippen molar-refractivity contribution in [1.29, 1.82) is 0 Å².